The largest absolute Gasteiger partial charge is 0.459 e. The minimum absolute atomic E-state index is 0.197. The van der Waals surface area contributed by atoms with Crippen molar-refractivity contribution in [3.05, 3.63) is 41.6 Å². The summed E-state index contributed by atoms with van der Waals surface area (Å²) in [5, 5.41) is 23.9. The van der Waals surface area contributed by atoms with E-state index in [1.165, 1.54) is 6.26 Å². The molecule has 0 aliphatic rings. The monoisotopic (exact) mass is 390 g/mol. The first kappa shape index (κ1) is 21.5. The van der Waals surface area contributed by atoms with Crippen LogP contribution in [0.4, 0.5) is 0 Å². The van der Waals surface area contributed by atoms with Gasteiger partial charge in [-0.15, -0.1) is 0 Å². The number of furan rings is 1. The molecule has 2 heterocycles. The molecule has 1 atom stereocenters. The predicted octanol–water partition coefficient (Wildman–Crippen LogP) is 0.904. The molecule has 1 unspecified atom stereocenters. The molecule has 154 valence electrons. The molecule has 4 N–H and O–H groups in total. The molecule has 0 saturated heterocycles. The highest BCUT2D eigenvalue weighted by molar-refractivity contribution is 5.92. The molecular weight excluding hydrogens is 360 g/mol. The van der Waals surface area contributed by atoms with Crippen LogP contribution < -0.4 is 16.0 Å². The van der Waals surface area contributed by atoms with Crippen LogP contribution in [0.15, 0.2) is 34.1 Å². The number of hydrogen-bond donors (Lipinski definition) is 4. The molecular formula is C19H30N6O3. The van der Waals surface area contributed by atoms with Gasteiger partial charge < -0.3 is 25.5 Å². The summed E-state index contributed by atoms with van der Waals surface area (Å²) < 4.78 is 6.82. The van der Waals surface area contributed by atoms with Gasteiger partial charge in [0.2, 0.25) is 0 Å². The Morgan fingerprint density at radius 2 is 2.11 bits per heavy atom. The number of aliphatic imine (C=N–C) groups is 1. The highest BCUT2D eigenvalue weighted by atomic mass is 16.3. The van der Waals surface area contributed by atoms with Crippen LogP contribution in [-0.2, 0) is 12.6 Å². The smallest absolute Gasteiger partial charge is 0.287 e. The van der Waals surface area contributed by atoms with Crippen molar-refractivity contribution in [3.63, 3.8) is 0 Å². The summed E-state index contributed by atoms with van der Waals surface area (Å²) in [6.07, 6.45) is 5.64. The summed E-state index contributed by atoms with van der Waals surface area (Å²) in [6.45, 7) is 7.56. The summed E-state index contributed by atoms with van der Waals surface area (Å²) in [7, 11) is 1.81. The molecule has 0 fully saturated rings. The number of rotatable bonds is 9. The van der Waals surface area contributed by atoms with Gasteiger partial charge >= 0.3 is 0 Å². The molecule has 0 saturated carbocycles. The third-order valence-electron chi connectivity index (χ3n) is 4.22. The van der Waals surface area contributed by atoms with E-state index in [1.807, 2.05) is 13.8 Å². The van der Waals surface area contributed by atoms with E-state index in [-0.39, 0.29) is 12.5 Å². The summed E-state index contributed by atoms with van der Waals surface area (Å²) in [6, 6.07) is 1.76. The van der Waals surface area contributed by atoms with Gasteiger partial charge in [0.1, 0.15) is 5.60 Å². The van der Waals surface area contributed by atoms with E-state index in [9.17, 15) is 9.90 Å². The van der Waals surface area contributed by atoms with Crippen molar-refractivity contribution in [2.24, 2.45) is 12.0 Å². The second kappa shape index (κ2) is 9.93. The fourth-order valence-electron chi connectivity index (χ4n) is 2.55. The number of nitrogens with one attached hydrogen (secondary N) is 3. The zero-order valence-corrected chi connectivity index (χ0v) is 17.0. The molecule has 0 aromatic carbocycles. The van der Waals surface area contributed by atoms with Gasteiger partial charge in [0.05, 0.1) is 19.0 Å². The second-order valence-electron chi connectivity index (χ2n) is 6.84. The Labute approximate surface area is 165 Å². The van der Waals surface area contributed by atoms with Crippen molar-refractivity contribution >= 4 is 11.9 Å². The molecule has 0 bridgehead atoms. The van der Waals surface area contributed by atoms with Gasteiger partial charge in [0.15, 0.2) is 11.7 Å². The highest BCUT2D eigenvalue weighted by Crippen LogP contribution is 2.19. The average Bonchev–Trinajstić information content (AvgIpc) is 3.28. The average molecular weight is 390 g/mol. The SMILES string of the molecule is CCNC(=NCC(C)(O)c1cnn(C)c1)NCCCNC(=O)c1occc1C. The van der Waals surface area contributed by atoms with Crippen LogP contribution in [0.25, 0.3) is 0 Å². The lowest BCUT2D eigenvalue weighted by molar-refractivity contribution is 0.0671. The lowest BCUT2D eigenvalue weighted by atomic mass is 10.0. The molecule has 0 aliphatic carbocycles. The Hall–Kier alpha value is -2.81. The second-order valence-corrected chi connectivity index (χ2v) is 6.84. The van der Waals surface area contributed by atoms with Gasteiger partial charge in [-0.1, -0.05) is 0 Å². The first-order valence-corrected chi connectivity index (χ1v) is 9.39. The normalized spacial score (nSPS) is 13.8. The number of nitrogens with zero attached hydrogens (tertiary/aromatic N) is 3. The lowest BCUT2D eigenvalue weighted by Gasteiger charge is -2.20. The highest BCUT2D eigenvalue weighted by Gasteiger charge is 2.24. The number of aliphatic hydroxyl groups is 1. The number of amides is 1. The molecule has 2 rings (SSSR count). The van der Waals surface area contributed by atoms with E-state index in [0.717, 1.165) is 12.0 Å². The maximum absolute atomic E-state index is 12.0. The summed E-state index contributed by atoms with van der Waals surface area (Å²) >= 11 is 0. The van der Waals surface area contributed by atoms with E-state index >= 15 is 0 Å². The number of carbonyl (C=O) groups excluding carboxylic acids is 1. The molecule has 9 nitrogen and oxygen atoms in total. The Bertz CT molecular complexity index is 793. The summed E-state index contributed by atoms with van der Waals surface area (Å²) in [5.41, 5.74) is 0.425. The summed E-state index contributed by atoms with van der Waals surface area (Å²) in [4.78, 5) is 16.4. The first-order valence-electron chi connectivity index (χ1n) is 9.39. The molecule has 28 heavy (non-hydrogen) atoms. The minimum Gasteiger partial charge on any atom is -0.459 e. The van der Waals surface area contributed by atoms with Crippen LogP contribution in [0.2, 0.25) is 0 Å². The van der Waals surface area contributed by atoms with Crippen LogP contribution in [0.5, 0.6) is 0 Å². The van der Waals surface area contributed by atoms with Gasteiger partial charge in [-0.2, -0.15) is 5.10 Å². The van der Waals surface area contributed by atoms with Crippen LogP contribution >= 0.6 is 0 Å². The van der Waals surface area contributed by atoms with E-state index < -0.39 is 5.60 Å². The standard InChI is InChI=1S/C19H30N6O3/c1-5-20-18(23-13-19(3,27)15-11-24-25(4)12-15)22-9-6-8-21-17(26)16-14(2)7-10-28-16/h7,10-12,27H,5-6,8-9,13H2,1-4H3,(H,21,26)(H2,20,22,23). The first-order chi connectivity index (χ1) is 13.3. The van der Waals surface area contributed by atoms with Crippen molar-refractivity contribution in [2.45, 2.75) is 32.8 Å². The topological polar surface area (TPSA) is 117 Å². The Balaban J connectivity index is 1.78. The predicted molar refractivity (Wildman–Crippen MR) is 107 cm³/mol. The van der Waals surface area contributed by atoms with Gasteiger partial charge in [-0.05, 0) is 33.3 Å². The molecule has 2 aromatic heterocycles. The van der Waals surface area contributed by atoms with Crippen LogP contribution in [0.1, 0.15) is 41.9 Å². The zero-order valence-electron chi connectivity index (χ0n) is 17.0. The molecule has 0 aliphatic heterocycles. The van der Waals surface area contributed by atoms with Crippen LogP contribution in [0, 0.1) is 6.92 Å². The molecule has 9 heteroatoms. The molecule has 2 aromatic rings. The van der Waals surface area contributed by atoms with Crippen LogP contribution in [0.3, 0.4) is 0 Å². The zero-order chi connectivity index (χ0) is 20.6. The number of carbonyl (C=O) groups is 1. The number of guanidine groups is 1. The van der Waals surface area contributed by atoms with E-state index in [2.05, 4.69) is 26.0 Å². The lowest BCUT2D eigenvalue weighted by Crippen LogP contribution is -2.40. The maximum atomic E-state index is 12.0. The van der Waals surface area contributed by atoms with Crippen molar-refractivity contribution in [3.8, 4) is 0 Å². The van der Waals surface area contributed by atoms with Gasteiger partial charge in [-0.25, -0.2) is 4.99 Å². The minimum atomic E-state index is -1.11. The van der Waals surface area contributed by atoms with E-state index in [0.29, 0.717) is 36.9 Å². The van der Waals surface area contributed by atoms with Gasteiger partial charge in [0.25, 0.3) is 5.91 Å². The Morgan fingerprint density at radius 3 is 2.71 bits per heavy atom. The fraction of sp³-hybridized carbons (Fsp3) is 0.526. The van der Waals surface area contributed by atoms with Gasteiger partial charge in [-0.3, -0.25) is 9.48 Å². The van der Waals surface area contributed by atoms with Gasteiger partial charge in [0, 0.05) is 44.0 Å². The third-order valence-corrected chi connectivity index (χ3v) is 4.22. The number of aromatic nitrogens is 2. The molecule has 0 spiro atoms. The van der Waals surface area contributed by atoms with E-state index in [1.54, 1.807) is 37.1 Å². The molecule has 1 amide bonds. The maximum Gasteiger partial charge on any atom is 0.287 e. The fourth-order valence-corrected chi connectivity index (χ4v) is 2.55. The van der Waals surface area contributed by atoms with Crippen molar-refractivity contribution in [1.29, 1.82) is 0 Å². The van der Waals surface area contributed by atoms with Crippen molar-refractivity contribution in [1.82, 2.24) is 25.7 Å². The molecule has 0 radical (unpaired) electrons. The number of hydrogen-bond acceptors (Lipinski definition) is 5. The van der Waals surface area contributed by atoms with Crippen molar-refractivity contribution < 1.29 is 14.3 Å². The van der Waals surface area contributed by atoms with Crippen LogP contribution in [-0.4, -0.2) is 52.9 Å². The Kier molecular flexibility index (Phi) is 7.62. The van der Waals surface area contributed by atoms with Crippen molar-refractivity contribution in [2.75, 3.05) is 26.2 Å². The Morgan fingerprint density at radius 1 is 1.36 bits per heavy atom. The number of aryl methyl sites for hydroxylation is 2. The van der Waals surface area contributed by atoms with E-state index in [4.69, 9.17) is 4.42 Å². The quantitative estimate of drug-likeness (QED) is 0.287. The third kappa shape index (κ3) is 6.12. The summed E-state index contributed by atoms with van der Waals surface area (Å²) in [5.74, 6) is 0.746.